The molecule has 44 heteroatoms. The van der Waals surface area contributed by atoms with E-state index >= 15 is 0 Å². The molecular formula is C78H72F12N20O12. The van der Waals surface area contributed by atoms with Crippen LogP contribution in [-0.2, 0) is 65.8 Å². The van der Waals surface area contributed by atoms with Gasteiger partial charge in [0, 0.05) is 96.6 Å². The van der Waals surface area contributed by atoms with Crippen molar-refractivity contribution in [3.63, 3.8) is 0 Å². The minimum absolute atomic E-state index is 0.0843. The summed E-state index contributed by atoms with van der Waals surface area (Å²) >= 11 is 0. The van der Waals surface area contributed by atoms with Crippen LogP contribution in [0.3, 0.4) is 0 Å². The summed E-state index contributed by atoms with van der Waals surface area (Å²) in [4.78, 5) is 83.3. The molecular weight excluding hydrogens is 1640 g/mol. The van der Waals surface area contributed by atoms with Crippen molar-refractivity contribution in [1.82, 2.24) is 99.6 Å². The molecule has 16 heterocycles. The van der Waals surface area contributed by atoms with Crippen molar-refractivity contribution in [2.75, 3.05) is 52.9 Å². The van der Waals surface area contributed by atoms with Crippen molar-refractivity contribution in [3.8, 4) is 0 Å². The van der Waals surface area contributed by atoms with Crippen molar-refractivity contribution in [2.24, 2.45) is 0 Å². The Hall–Kier alpha value is -12.2. The van der Waals surface area contributed by atoms with Gasteiger partial charge in [0.1, 0.15) is 90.6 Å². The first kappa shape index (κ1) is 84.8. The number of alkyl halides is 12. The lowest BCUT2D eigenvalue weighted by Crippen LogP contribution is -2.60. The zero-order valence-corrected chi connectivity index (χ0v) is 64.4. The Morgan fingerprint density at radius 1 is 0.369 bits per heavy atom. The first-order valence-electron chi connectivity index (χ1n) is 37.5. The summed E-state index contributed by atoms with van der Waals surface area (Å²) in [5.74, 6) is -1.43. The van der Waals surface area contributed by atoms with Crippen LogP contribution < -0.4 is 21.3 Å². The largest absolute Gasteiger partial charge is 0.433 e. The highest BCUT2D eigenvalue weighted by Gasteiger charge is 2.58. The Bertz CT molecular complexity index is 5940. The number of rotatable bonds is 14. The molecule has 0 spiro atoms. The Morgan fingerprint density at radius 2 is 0.656 bits per heavy atom. The number of hydrogen-bond acceptors (Lipinski definition) is 24. The molecule has 0 bridgehead atoms. The average molecular weight is 1710 g/mol. The van der Waals surface area contributed by atoms with E-state index in [1.807, 2.05) is 26.2 Å². The number of amides is 4. The fourth-order valence-electron chi connectivity index (χ4n) is 14.7. The SMILES string of the molecule is CC1(O)COCC1(NC(=O)c1cnn2cc(C3CC3)cnc12)c1ccc(C(F)(F)F)nc1.Cc1cnc2c(C(=O)NC3(c4ccc(C(F)(F)F)nc4)COCC3(C)O)cnn2c1.Cc1cnc2c(C(=O)NC3(c4ccc(C(F)(F)F)nc4)COCC3O)cnn2c1.O=C(NC1(c2ccc(C(F)(F)F)nc2)COCC1O)c1cnn2cc(C3CC3)cnc12. The number of fused-ring (bicyclic) bond motifs is 4. The highest BCUT2D eigenvalue weighted by Crippen LogP contribution is 2.45. The molecule has 4 amide bonds. The summed E-state index contributed by atoms with van der Waals surface area (Å²) in [6.07, 6.45) is 6.68. The molecule has 12 aromatic heterocycles. The molecule has 8 unspecified atom stereocenters. The Kier molecular flexibility index (Phi) is 22.0. The average Bonchev–Trinajstić information content (AvgIpc) is 1.60. The van der Waals surface area contributed by atoms with Gasteiger partial charge in [-0.15, -0.1) is 0 Å². The van der Waals surface area contributed by atoms with E-state index in [2.05, 4.69) is 81.5 Å². The zero-order valence-electron chi connectivity index (χ0n) is 64.4. The van der Waals surface area contributed by atoms with Gasteiger partial charge in [0.2, 0.25) is 0 Å². The zero-order chi connectivity index (χ0) is 87.1. The number of aliphatic hydroxyl groups excluding tert-OH is 2. The van der Waals surface area contributed by atoms with Crippen LogP contribution in [0.2, 0.25) is 0 Å². The molecule has 4 saturated heterocycles. The second kappa shape index (κ2) is 31.7. The van der Waals surface area contributed by atoms with Gasteiger partial charge in [0.15, 0.2) is 22.6 Å². The van der Waals surface area contributed by atoms with Crippen molar-refractivity contribution in [1.29, 1.82) is 0 Å². The molecule has 6 aliphatic rings. The molecule has 12 aromatic rings. The molecule has 0 aromatic carbocycles. The van der Waals surface area contributed by atoms with Gasteiger partial charge in [0.25, 0.3) is 23.6 Å². The van der Waals surface area contributed by atoms with Crippen molar-refractivity contribution < 1.29 is 111 Å². The number of nitrogens with zero attached hydrogens (tertiary/aromatic N) is 16. The molecule has 2 aliphatic carbocycles. The number of aryl methyl sites for hydroxylation is 2. The Morgan fingerprint density at radius 3 is 0.910 bits per heavy atom. The van der Waals surface area contributed by atoms with Gasteiger partial charge in [-0.25, -0.2) is 38.0 Å². The summed E-state index contributed by atoms with van der Waals surface area (Å²) in [6, 6.07) is 7.95. The Labute approximate surface area is 680 Å². The van der Waals surface area contributed by atoms with Gasteiger partial charge in [0.05, 0.1) is 77.6 Å². The van der Waals surface area contributed by atoms with Crippen LogP contribution >= 0.6 is 0 Å². The number of carbonyl (C=O) groups excluding carboxylic acids is 4. The summed E-state index contributed by atoms with van der Waals surface area (Å²) in [5.41, 5.74) is -6.87. The van der Waals surface area contributed by atoms with Gasteiger partial charge in [-0.05, 0) is 112 Å². The molecule has 0 radical (unpaired) electrons. The third-order valence-electron chi connectivity index (χ3n) is 21.9. The quantitative estimate of drug-likeness (QED) is 0.0481. The number of aromatic nitrogens is 16. The maximum absolute atomic E-state index is 13.2. The molecule has 2 saturated carbocycles. The van der Waals surface area contributed by atoms with Crippen LogP contribution in [0.25, 0.3) is 22.6 Å². The fourth-order valence-corrected chi connectivity index (χ4v) is 14.7. The molecule has 122 heavy (non-hydrogen) atoms. The van der Waals surface area contributed by atoms with E-state index in [0.717, 1.165) is 97.0 Å². The smallest absolute Gasteiger partial charge is 0.388 e. The molecule has 6 fully saturated rings. The van der Waals surface area contributed by atoms with Gasteiger partial charge in [-0.3, -0.25) is 39.1 Å². The van der Waals surface area contributed by atoms with Crippen molar-refractivity contribution >= 4 is 46.2 Å². The second-order valence-electron chi connectivity index (χ2n) is 30.8. The minimum Gasteiger partial charge on any atom is -0.388 e. The van der Waals surface area contributed by atoms with Gasteiger partial charge in [-0.1, -0.05) is 24.3 Å². The molecule has 8 N–H and O–H groups in total. The van der Waals surface area contributed by atoms with Gasteiger partial charge in [-0.2, -0.15) is 73.1 Å². The van der Waals surface area contributed by atoms with E-state index in [9.17, 15) is 92.3 Å². The molecule has 8 atom stereocenters. The van der Waals surface area contributed by atoms with E-state index in [-0.39, 0.29) is 97.4 Å². The maximum atomic E-state index is 13.2. The maximum Gasteiger partial charge on any atom is 0.433 e. The topological polar surface area (TPSA) is 407 Å². The summed E-state index contributed by atoms with van der Waals surface area (Å²) in [6.45, 7) is 5.59. The third-order valence-corrected chi connectivity index (χ3v) is 21.9. The predicted molar refractivity (Wildman–Crippen MR) is 395 cm³/mol. The van der Waals surface area contributed by atoms with E-state index in [1.165, 1.54) is 81.0 Å². The Balaban J connectivity index is 0.000000126. The van der Waals surface area contributed by atoms with E-state index in [0.29, 0.717) is 34.4 Å². The monoisotopic (exact) mass is 1710 g/mol. The second-order valence-corrected chi connectivity index (χ2v) is 30.8. The molecule has 32 nitrogen and oxygen atoms in total. The molecule has 18 rings (SSSR count). The lowest BCUT2D eigenvalue weighted by molar-refractivity contribution is -0.142. The number of aliphatic hydroxyl groups is 4. The normalized spacial score (nSPS) is 24.1. The highest BCUT2D eigenvalue weighted by atomic mass is 19.4. The van der Waals surface area contributed by atoms with Crippen LogP contribution in [0.4, 0.5) is 52.7 Å². The van der Waals surface area contributed by atoms with Gasteiger partial charge < -0.3 is 60.6 Å². The number of hydrogen-bond donors (Lipinski definition) is 8. The van der Waals surface area contributed by atoms with Gasteiger partial charge >= 0.3 is 24.7 Å². The van der Waals surface area contributed by atoms with Crippen LogP contribution in [0.5, 0.6) is 0 Å². The van der Waals surface area contributed by atoms with Crippen LogP contribution in [0.15, 0.2) is 148 Å². The molecule has 640 valence electrons. The lowest BCUT2D eigenvalue weighted by atomic mass is 9.78. The summed E-state index contributed by atoms with van der Waals surface area (Å²) in [5, 5.41) is 70.6. The lowest BCUT2D eigenvalue weighted by Gasteiger charge is -2.39. The number of carbonyl (C=O) groups is 4. The van der Waals surface area contributed by atoms with Crippen LogP contribution in [0, 0.1) is 13.8 Å². The predicted octanol–water partition coefficient (Wildman–Crippen LogP) is 7.79. The van der Waals surface area contributed by atoms with Crippen LogP contribution in [-0.4, -0.2) is 199 Å². The first-order chi connectivity index (χ1) is 57.6. The minimum atomic E-state index is -4.61. The number of ether oxygens (including phenoxy) is 4. The summed E-state index contributed by atoms with van der Waals surface area (Å²) < 4.78 is 182. The highest BCUT2D eigenvalue weighted by molar-refractivity contribution is 6.02. The van der Waals surface area contributed by atoms with E-state index < -0.39 is 117 Å². The first-order valence-corrected chi connectivity index (χ1v) is 37.5. The van der Waals surface area contributed by atoms with E-state index in [1.54, 1.807) is 37.2 Å². The number of halogens is 12. The molecule has 4 aliphatic heterocycles. The van der Waals surface area contributed by atoms with E-state index in [4.69, 9.17) is 18.9 Å². The standard InChI is InChI=1S/C21H20F3N5O3.C20H18F3N5O3.C19H18F3N5O3.C18H16F3N5O3/c1-19(31)10-32-11-20(19,14-4-5-16(25-7-14)21(22,23)24)28-18(30)15-8-27-29-9-13(12-2-3-12)6-26-17(15)29;21-20(22,23)15-4-3-13(6-24-15)19(10-31-9-16(19)29)27-18(30)14-7-26-28-8-12(11-1-2-11)5-25-17(14)28;1-11-5-24-15-13(7-25-27(15)8-11)16(28)26-18(10-30-9-17(18,2)29)12-3-4-14(23-6-12)19(20,21)22;1-10-4-23-15-12(6-24-26(15)7-10)16(28)25-17(9-29-8-14(17)27)11-2-3-13(22-5-11)18(19,20)21/h4-9,12,31H,2-3,10-11H2,1H3,(H,28,30);3-8,11,16,29H,1-2,9-10H2,(H,27,30);3-8,29H,9-10H2,1-2H3,(H,26,28);2-7,14,27H,8-9H2,1H3,(H,25,28). The van der Waals surface area contributed by atoms with Crippen LogP contribution in [0.1, 0.15) is 160 Å². The number of nitrogens with one attached hydrogen (secondary N) is 4. The van der Waals surface area contributed by atoms with Crippen molar-refractivity contribution in [3.05, 3.63) is 237 Å². The van der Waals surface area contributed by atoms with Crippen molar-refractivity contribution in [2.45, 2.75) is 135 Å². The third kappa shape index (κ3) is 16.4. The number of pyridine rings is 4. The fraction of sp³-hybridized carbons (Fsp3) is 0.385. The summed E-state index contributed by atoms with van der Waals surface area (Å²) in [7, 11) is 0.